The second kappa shape index (κ2) is 9.87. The van der Waals surface area contributed by atoms with E-state index in [-0.39, 0.29) is 27.8 Å². The fraction of sp³-hybridized carbons (Fsp3) is 0.0952. The molecule has 0 amide bonds. The Hall–Kier alpha value is -4.32. The van der Waals surface area contributed by atoms with Crippen molar-refractivity contribution in [2.45, 2.75) is 4.90 Å². The number of ether oxygens (including phenoxy) is 2. The highest BCUT2D eigenvalue weighted by molar-refractivity contribution is 7.92. The number of sulfonamides is 1. The number of anilines is 2. The Labute approximate surface area is 189 Å². The zero-order chi connectivity index (χ0) is 24.0. The van der Waals surface area contributed by atoms with Crippen LogP contribution >= 0.6 is 0 Å². The van der Waals surface area contributed by atoms with Crippen LogP contribution in [0.2, 0.25) is 0 Å². The molecule has 0 bridgehead atoms. The van der Waals surface area contributed by atoms with Gasteiger partial charge < -0.3 is 14.6 Å². The average Bonchev–Trinajstić information content (AvgIpc) is 2.80. The van der Waals surface area contributed by atoms with Crippen molar-refractivity contribution in [1.82, 2.24) is 0 Å². The molecule has 3 aromatic carbocycles. The molecular formula is C21H20N4O7S. The first-order valence-corrected chi connectivity index (χ1v) is 10.8. The molecular weight excluding hydrogens is 452 g/mol. The predicted octanol–water partition coefficient (Wildman–Crippen LogP) is 3.56. The van der Waals surface area contributed by atoms with Gasteiger partial charge in [-0.3, -0.25) is 20.3 Å². The number of rotatable bonds is 9. The Bertz CT molecular complexity index is 1290. The maximum Gasteiger partial charge on any atom is 0.295 e. The van der Waals surface area contributed by atoms with Gasteiger partial charge in [0.1, 0.15) is 11.4 Å². The number of nitrogens with zero attached hydrogens (tertiary/aromatic N) is 2. The van der Waals surface area contributed by atoms with E-state index in [4.69, 9.17) is 9.47 Å². The molecule has 0 saturated carbocycles. The SMILES string of the molecule is COc1ccc(NS(=O)(=O)c2ccc(N/N=C\c3ccc(O)c(OC)c3)c([N+](=O)[O-])c2)cc1. The summed E-state index contributed by atoms with van der Waals surface area (Å²) in [6, 6.07) is 14.1. The van der Waals surface area contributed by atoms with Gasteiger partial charge in [-0.25, -0.2) is 8.42 Å². The molecule has 3 aromatic rings. The van der Waals surface area contributed by atoms with Crippen LogP contribution in [0.3, 0.4) is 0 Å². The average molecular weight is 472 g/mol. The number of hydrogen-bond acceptors (Lipinski definition) is 9. The largest absolute Gasteiger partial charge is 0.504 e. The zero-order valence-corrected chi connectivity index (χ0v) is 18.4. The molecule has 0 aliphatic carbocycles. The summed E-state index contributed by atoms with van der Waals surface area (Å²) >= 11 is 0. The van der Waals surface area contributed by atoms with Crippen LogP contribution in [0.1, 0.15) is 5.56 Å². The highest BCUT2D eigenvalue weighted by Crippen LogP contribution is 2.29. The van der Waals surface area contributed by atoms with Crippen LogP contribution in [0, 0.1) is 10.1 Å². The van der Waals surface area contributed by atoms with Gasteiger partial charge in [0.25, 0.3) is 15.7 Å². The van der Waals surface area contributed by atoms with Gasteiger partial charge >= 0.3 is 0 Å². The number of phenols is 1. The van der Waals surface area contributed by atoms with Gasteiger partial charge in [-0.15, -0.1) is 0 Å². The minimum atomic E-state index is -4.08. The topological polar surface area (TPSA) is 152 Å². The number of phenolic OH excluding ortho intramolecular Hbond substituents is 1. The van der Waals surface area contributed by atoms with Crippen LogP contribution in [0.25, 0.3) is 0 Å². The van der Waals surface area contributed by atoms with Gasteiger partial charge in [0.2, 0.25) is 0 Å². The van der Waals surface area contributed by atoms with E-state index in [1.54, 1.807) is 18.2 Å². The third-order valence-corrected chi connectivity index (χ3v) is 5.80. The van der Waals surface area contributed by atoms with Crippen molar-refractivity contribution < 1.29 is 27.9 Å². The minimum Gasteiger partial charge on any atom is -0.504 e. The molecule has 11 nitrogen and oxygen atoms in total. The summed E-state index contributed by atoms with van der Waals surface area (Å²) in [4.78, 5) is 10.5. The van der Waals surface area contributed by atoms with E-state index in [2.05, 4.69) is 15.2 Å². The van der Waals surface area contributed by atoms with Crippen molar-refractivity contribution >= 4 is 33.3 Å². The van der Waals surface area contributed by atoms with E-state index in [9.17, 15) is 23.6 Å². The second-order valence-electron chi connectivity index (χ2n) is 6.57. The van der Waals surface area contributed by atoms with Crippen molar-refractivity contribution in [3.63, 3.8) is 0 Å². The molecule has 0 unspecified atom stereocenters. The van der Waals surface area contributed by atoms with E-state index < -0.39 is 20.6 Å². The van der Waals surface area contributed by atoms with Gasteiger partial charge in [0.15, 0.2) is 11.5 Å². The first-order valence-electron chi connectivity index (χ1n) is 9.35. The summed E-state index contributed by atoms with van der Waals surface area (Å²) in [5, 5.41) is 25.1. The number of methoxy groups -OCH3 is 2. The molecule has 0 radical (unpaired) electrons. The number of nitro groups is 1. The first-order chi connectivity index (χ1) is 15.7. The van der Waals surface area contributed by atoms with Crippen molar-refractivity contribution in [1.29, 1.82) is 0 Å². The normalized spacial score (nSPS) is 11.2. The van der Waals surface area contributed by atoms with Crippen LogP contribution in [0.4, 0.5) is 17.1 Å². The summed E-state index contributed by atoms with van der Waals surface area (Å²) in [6.45, 7) is 0. The summed E-state index contributed by atoms with van der Waals surface area (Å²) < 4.78 is 37.8. The van der Waals surface area contributed by atoms with Gasteiger partial charge in [-0.2, -0.15) is 5.10 Å². The summed E-state index contributed by atoms with van der Waals surface area (Å²) in [7, 11) is -1.19. The zero-order valence-electron chi connectivity index (χ0n) is 17.6. The highest BCUT2D eigenvalue weighted by atomic mass is 32.2. The first kappa shape index (κ1) is 23.3. The lowest BCUT2D eigenvalue weighted by Crippen LogP contribution is -2.13. The smallest absolute Gasteiger partial charge is 0.295 e. The monoisotopic (exact) mass is 472 g/mol. The Balaban J connectivity index is 1.81. The number of benzene rings is 3. The molecule has 0 aliphatic rings. The number of hydrazone groups is 1. The Morgan fingerprint density at radius 2 is 1.76 bits per heavy atom. The summed E-state index contributed by atoms with van der Waals surface area (Å²) in [5.74, 6) is 0.748. The van der Waals surface area contributed by atoms with Gasteiger partial charge in [-0.05, 0) is 60.2 Å². The van der Waals surface area contributed by atoms with E-state index >= 15 is 0 Å². The molecule has 12 heteroatoms. The van der Waals surface area contributed by atoms with Gasteiger partial charge in [0.05, 0.1) is 30.3 Å². The standard InChI is InChI=1S/C21H20N4O7S/c1-31-16-6-4-15(5-7-16)24-33(29,30)17-8-9-18(19(12-17)25(27)28)23-22-13-14-3-10-20(26)21(11-14)32-2/h3-13,23-24,26H,1-2H3/b22-13-. The maximum absolute atomic E-state index is 12.7. The van der Waals surface area contributed by atoms with E-state index in [0.29, 0.717) is 11.3 Å². The molecule has 0 spiro atoms. The Kier molecular flexibility index (Phi) is 6.98. The molecule has 0 saturated heterocycles. The van der Waals surface area contributed by atoms with E-state index in [0.717, 1.165) is 6.07 Å². The lowest BCUT2D eigenvalue weighted by atomic mass is 10.2. The van der Waals surface area contributed by atoms with E-state index in [1.807, 2.05) is 0 Å². The third kappa shape index (κ3) is 5.68. The molecule has 3 rings (SSSR count). The molecule has 0 atom stereocenters. The molecule has 3 N–H and O–H groups in total. The van der Waals surface area contributed by atoms with Crippen LogP contribution in [0.5, 0.6) is 17.2 Å². The lowest BCUT2D eigenvalue weighted by molar-refractivity contribution is -0.384. The number of hydrogen-bond donors (Lipinski definition) is 3. The van der Waals surface area contributed by atoms with Gasteiger partial charge in [0, 0.05) is 11.8 Å². The van der Waals surface area contributed by atoms with Crippen molar-refractivity contribution in [3.05, 3.63) is 76.3 Å². The summed E-state index contributed by atoms with van der Waals surface area (Å²) in [6.07, 6.45) is 1.36. The molecule has 0 fully saturated rings. The number of aromatic hydroxyl groups is 1. The quantitative estimate of drug-likeness (QED) is 0.243. The third-order valence-electron chi connectivity index (χ3n) is 4.42. The molecule has 33 heavy (non-hydrogen) atoms. The van der Waals surface area contributed by atoms with Crippen molar-refractivity contribution in [2.24, 2.45) is 5.10 Å². The second-order valence-corrected chi connectivity index (χ2v) is 8.25. The number of nitrogens with one attached hydrogen (secondary N) is 2. The van der Waals surface area contributed by atoms with Crippen LogP contribution in [0.15, 0.2) is 70.7 Å². The van der Waals surface area contributed by atoms with Crippen LogP contribution in [-0.2, 0) is 10.0 Å². The molecule has 0 aromatic heterocycles. The van der Waals surface area contributed by atoms with Crippen LogP contribution < -0.4 is 19.6 Å². The lowest BCUT2D eigenvalue weighted by Gasteiger charge is -2.10. The number of nitro benzene ring substituents is 1. The Morgan fingerprint density at radius 1 is 1.03 bits per heavy atom. The van der Waals surface area contributed by atoms with E-state index in [1.165, 1.54) is 56.8 Å². The summed E-state index contributed by atoms with van der Waals surface area (Å²) in [5.41, 5.74) is 2.87. The minimum absolute atomic E-state index is 0.00890. The van der Waals surface area contributed by atoms with Gasteiger partial charge in [-0.1, -0.05) is 0 Å². The van der Waals surface area contributed by atoms with Crippen LogP contribution in [-0.4, -0.2) is 38.9 Å². The maximum atomic E-state index is 12.7. The fourth-order valence-corrected chi connectivity index (χ4v) is 3.83. The highest BCUT2D eigenvalue weighted by Gasteiger charge is 2.21. The van der Waals surface area contributed by atoms with Crippen molar-refractivity contribution in [3.8, 4) is 17.2 Å². The molecule has 172 valence electrons. The Morgan fingerprint density at radius 3 is 2.39 bits per heavy atom. The van der Waals surface area contributed by atoms with Crippen molar-refractivity contribution in [2.75, 3.05) is 24.4 Å². The fourth-order valence-electron chi connectivity index (χ4n) is 2.75. The molecule has 0 heterocycles. The predicted molar refractivity (Wildman–Crippen MR) is 123 cm³/mol. The molecule has 0 aliphatic heterocycles.